The Hall–Kier alpha value is -0.820. The van der Waals surface area contributed by atoms with Gasteiger partial charge in [0.15, 0.2) is 18.4 Å². The molecule has 4 heterocycles. The smallest absolute Gasteiger partial charge is 0.186 e. The Morgan fingerprint density at radius 3 is 2.25 bits per heavy atom. The molecule has 4 saturated heterocycles. The van der Waals surface area contributed by atoms with Gasteiger partial charge < -0.3 is 69.3 Å². The van der Waals surface area contributed by atoms with Gasteiger partial charge in [-0.15, -0.1) is 0 Å². The summed E-state index contributed by atoms with van der Waals surface area (Å²) in [5, 5.41) is 83.8. The molecular weight excluding hydrogens is 692 g/mol. The lowest BCUT2D eigenvalue weighted by Crippen LogP contribution is -2.61. The van der Waals surface area contributed by atoms with Gasteiger partial charge in [0.25, 0.3) is 0 Å². The molecule has 4 aliphatic heterocycles. The third-order valence-corrected chi connectivity index (χ3v) is 15.8. The van der Waals surface area contributed by atoms with Crippen LogP contribution in [0.3, 0.4) is 0 Å². The predicted molar refractivity (Wildman–Crippen MR) is 184 cm³/mol. The minimum atomic E-state index is -1.52. The molecule has 302 valence electrons. The van der Waals surface area contributed by atoms with Crippen LogP contribution in [-0.4, -0.2) is 146 Å². The van der Waals surface area contributed by atoms with E-state index >= 15 is 0 Å². The fourth-order valence-corrected chi connectivity index (χ4v) is 12.7. The molecule has 0 amide bonds. The van der Waals surface area contributed by atoms with E-state index in [1.807, 2.05) is 6.92 Å². The summed E-state index contributed by atoms with van der Waals surface area (Å²) in [4.78, 5) is 0. The van der Waals surface area contributed by atoms with Crippen molar-refractivity contribution in [3.05, 3.63) is 11.6 Å². The van der Waals surface area contributed by atoms with Crippen molar-refractivity contribution < 1.29 is 69.3 Å². The third-order valence-electron chi connectivity index (χ3n) is 15.8. The summed E-state index contributed by atoms with van der Waals surface area (Å²) in [6, 6.07) is 0. The fraction of sp³-hybridized carbons (Fsp3) is 0.949. The SMILES string of the molecule is C[C@@H]1CO[C@]2(C[C@@H]1O[C@@H]1O[C@H](CO)[C@@H](O)[C@H](O)[C@H]1O)O[C@H]1C[C@H]3[C@@H]4CC=C5C[C@@H](O)C[C@@H](O[C@@H]6O[C@H](C)[C@H](O)[C@H](O)[C@H]6O)[C@]5(C)[C@H]4CC[C@]3(C)[C@H]1[C@@H]2C. The summed E-state index contributed by atoms with van der Waals surface area (Å²) in [6.07, 6.45) is -6.75. The molecule has 0 aromatic heterocycles. The maximum absolute atomic E-state index is 11.0. The van der Waals surface area contributed by atoms with Crippen LogP contribution in [0.5, 0.6) is 0 Å². The molecule has 0 unspecified atom stereocenters. The third kappa shape index (κ3) is 5.95. The van der Waals surface area contributed by atoms with Crippen LogP contribution < -0.4 is 0 Å². The van der Waals surface area contributed by atoms with Gasteiger partial charge in [0.1, 0.15) is 42.7 Å². The maximum Gasteiger partial charge on any atom is 0.186 e. The van der Waals surface area contributed by atoms with Crippen LogP contribution in [0.4, 0.5) is 0 Å². The number of ether oxygens (including phenoxy) is 6. The van der Waals surface area contributed by atoms with E-state index in [4.69, 9.17) is 28.4 Å². The van der Waals surface area contributed by atoms with Gasteiger partial charge in [0.2, 0.25) is 0 Å². The molecule has 4 aliphatic carbocycles. The van der Waals surface area contributed by atoms with Crippen molar-refractivity contribution in [3.63, 3.8) is 0 Å². The van der Waals surface area contributed by atoms with Crippen LogP contribution in [0.25, 0.3) is 0 Å². The molecule has 0 radical (unpaired) electrons. The summed E-state index contributed by atoms with van der Waals surface area (Å²) in [6.45, 7) is 10.4. The van der Waals surface area contributed by atoms with E-state index in [0.717, 1.165) is 25.7 Å². The van der Waals surface area contributed by atoms with Crippen molar-refractivity contribution in [3.8, 4) is 0 Å². The van der Waals surface area contributed by atoms with Crippen LogP contribution >= 0.6 is 0 Å². The van der Waals surface area contributed by atoms with Gasteiger partial charge in [-0.25, -0.2) is 0 Å². The van der Waals surface area contributed by atoms with E-state index in [2.05, 4.69) is 26.8 Å². The molecule has 0 bridgehead atoms. The molecule has 3 saturated carbocycles. The van der Waals surface area contributed by atoms with Crippen molar-refractivity contribution in [1.82, 2.24) is 0 Å². The molecule has 0 aromatic rings. The zero-order chi connectivity index (χ0) is 37.9. The fourth-order valence-electron chi connectivity index (χ4n) is 12.7. The summed E-state index contributed by atoms with van der Waals surface area (Å²) < 4.78 is 38.2. The average Bonchev–Trinajstić information content (AvgIpc) is 3.57. The van der Waals surface area contributed by atoms with Gasteiger partial charge >= 0.3 is 0 Å². The van der Waals surface area contributed by atoms with Crippen LogP contribution in [0.2, 0.25) is 0 Å². The second-order valence-corrected chi connectivity index (χ2v) is 18.5. The molecule has 14 heteroatoms. The first kappa shape index (κ1) is 39.0. The monoisotopic (exact) mass is 754 g/mol. The van der Waals surface area contributed by atoms with Gasteiger partial charge in [-0.2, -0.15) is 0 Å². The van der Waals surface area contributed by atoms with E-state index in [1.165, 1.54) is 5.57 Å². The number of hydrogen-bond donors (Lipinski definition) is 8. The van der Waals surface area contributed by atoms with Gasteiger partial charge in [-0.1, -0.05) is 39.3 Å². The summed E-state index contributed by atoms with van der Waals surface area (Å²) >= 11 is 0. The normalized spacial score (nSPS) is 59.5. The first-order valence-electron chi connectivity index (χ1n) is 20.0. The first-order chi connectivity index (χ1) is 25.0. The molecule has 1 spiro atoms. The van der Waals surface area contributed by atoms with E-state index in [0.29, 0.717) is 37.7 Å². The highest BCUT2D eigenvalue weighted by molar-refractivity contribution is 5.29. The molecule has 7 fully saturated rings. The second kappa shape index (κ2) is 13.9. The van der Waals surface area contributed by atoms with E-state index < -0.39 is 97.5 Å². The highest BCUT2D eigenvalue weighted by Crippen LogP contribution is 2.71. The highest BCUT2D eigenvalue weighted by atomic mass is 16.7. The molecule has 8 aliphatic rings. The molecule has 23 atom stereocenters. The van der Waals surface area contributed by atoms with Crippen LogP contribution in [0.1, 0.15) is 79.6 Å². The number of allylic oxidation sites excluding steroid dienone is 1. The Labute approximate surface area is 311 Å². The first-order valence-corrected chi connectivity index (χ1v) is 20.0. The Morgan fingerprint density at radius 1 is 0.830 bits per heavy atom. The quantitative estimate of drug-likeness (QED) is 0.178. The summed E-state index contributed by atoms with van der Waals surface area (Å²) in [7, 11) is 0. The van der Waals surface area contributed by atoms with Crippen molar-refractivity contribution in [2.75, 3.05) is 13.2 Å². The van der Waals surface area contributed by atoms with Crippen LogP contribution in [0, 0.1) is 46.3 Å². The molecule has 8 rings (SSSR count). The van der Waals surface area contributed by atoms with Crippen molar-refractivity contribution >= 4 is 0 Å². The summed E-state index contributed by atoms with van der Waals surface area (Å²) in [5.74, 6) is 0.284. The zero-order valence-electron chi connectivity index (χ0n) is 31.5. The van der Waals surface area contributed by atoms with Crippen molar-refractivity contribution in [2.45, 2.75) is 171 Å². The molecule has 53 heavy (non-hydrogen) atoms. The molecular formula is C39H62O14. The predicted octanol–water partition coefficient (Wildman–Crippen LogP) is 0.332. The topological polar surface area (TPSA) is 217 Å². The van der Waals surface area contributed by atoms with Gasteiger partial charge in [-0.05, 0) is 68.1 Å². The molecule has 14 nitrogen and oxygen atoms in total. The minimum absolute atomic E-state index is 0.0284. The maximum atomic E-state index is 11.0. The number of hydrogen-bond acceptors (Lipinski definition) is 14. The standard InChI is InChI=1S/C39H62O14/c1-16-15-48-39(13-25(16)50-36-34(47)32(45)30(43)26(14-40)51-36)17(2)28-24(53-39)12-23-21-7-6-19-10-20(41)11-27(38(19,5)22(21)8-9-37(23,28)4)52-35-33(46)31(44)29(42)18(3)49-35/h6,16-18,20-36,40-47H,7-15H2,1-5H3/t16-,17+,18-,20-,21-,22+,23+,24+,25+,26-,27-,28+,29+,30-,31+,32+,33-,34-,35+,36-,37+,38+,39-/m1/s1. The van der Waals surface area contributed by atoms with Crippen LogP contribution in [-0.2, 0) is 28.4 Å². The lowest BCUT2D eigenvalue weighted by molar-refractivity contribution is -0.344. The van der Waals surface area contributed by atoms with Gasteiger partial charge in [0.05, 0.1) is 43.7 Å². The Kier molecular flexibility index (Phi) is 10.3. The largest absolute Gasteiger partial charge is 0.394 e. The second-order valence-electron chi connectivity index (χ2n) is 18.5. The van der Waals surface area contributed by atoms with Crippen molar-refractivity contribution in [1.29, 1.82) is 0 Å². The Balaban J connectivity index is 1.000. The van der Waals surface area contributed by atoms with E-state index in [9.17, 15) is 40.9 Å². The van der Waals surface area contributed by atoms with Crippen molar-refractivity contribution in [2.24, 2.45) is 46.3 Å². The lowest BCUT2D eigenvalue weighted by Gasteiger charge is -2.60. The number of aliphatic hydroxyl groups excluding tert-OH is 8. The summed E-state index contributed by atoms with van der Waals surface area (Å²) in [5.41, 5.74) is 0.737. The highest BCUT2D eigenvalue weighted by Gasteiger charge is 2.70. The van der Waals surface area contributed by atoms with Gasteiger partial charge in [0, 0.05) is 30.1 Å². The van der Waals surface area contributed by atoms with Gasteiger partial charge in [-0.3, -0.25) is 0 Å². The molecule has 8 N–H and O–H groups in total. The Bertz CT molecular complexity index is 1380. The zero-order valence-corrected chi connectivity index (χ0v) is 31.5. The number of aliphatic hydroxyl groups is 8. The minimum Gasteiger partial charge on any atom is -0.394 e. The van der Waals surface area contributed by atoms with E-state index in [1.54, 1.807) is 6.92 Å². The average molecular weight is 755 g/mol. The molecule has 0 aromatic carbocycles. The lowest BCUT2D eigenvalue weighted by atomic mass is 9.46. The number of fused-ring (bicyclic) bond motifs is 7. The number of rotatable bonds is 5. The Morgan fingerprint density at radius 2 is 1.53 bits per heavy atom. The van der Waals surface area contributed by atoms with E-state index in [-0.39, 0.29) is 35.2 Å². The van der Waals surface area contributed by atoms with Crippen LogP contribution in [0.15, 0.2) is 11.6 Å².